The average Bonchev–Trinajstić information content (AvgIpc) is 2.26. The molecule has 2 N–H and O–H groups in total. The highest BCUT2D eigenvalue weighted by atomic mass is 32.2. The molecule has 1 unspecified atom stereocenters. The Labute approximate surface area is 99.0 Å². The molecule has 1 fully saturated rings. The van der Waals surface area contributed by atoms with Crippen LogP contribution < -0.4 is 5.73 Å². The van der Waals surface area contributed by atoms with E-state index in [0.717, 1.165) is 10.7 Å². The van der Waals surface area contributed by atoms with Crippen LogP contribution in [0.2, 0.25) is 0 Å². The summed E-state index contributed by atoms with van der Waals surface area (Å²) in [5.41, 5.74) is 5.44. The molecule has 1 saturated heterocycles. The van der Waals surface area contributed by atoms with Gasteiger partial charge in [0, 0.05) is 19.1 Å². The van der Waals surface area contributed by atoms with E-state index in [2.05, 4.69) is 0 Å². The van der Waals surface area contributed by atoms with Crippen molar-refractivity contribution < 1.29 is 21.6 Å². The van der Waals surface area contributed by atoms with Gasteiger partial charge in [-0.25, -0.2) is 8.42 Å². The van der Waals surface area contributed by atoms with E-state index in [-0.39, 0.29) is 19.1 Å². The van der Waals surface area contributed by atoms with Gasteiger partial charge in [-0.3, -0.25) is 0 Å². The summed E-state index contributed by atoms with van der Waals surface area (Å²) in [7, 11) is -3.84. The fraction of sp³-hybridized carbons (Fsp3) is 1.00. The number of nitrogens with zero attached hydrogens (tertiary/aromatic N) is 1. The maximum atomic E-state index is 12.0. The zero-order chi connectivity index (χ0) is 13.1. The van der Waals surface area contributed by atoms with E-state index in [9.17, 15) is 21.6 Å². The van der Waals surface area contributed by atoms with Crippen LogP contribution in [0.1, 0.15) is 25.7 Å². The van der Waals surface area contributed by atoms with E-state index in [1.54, 1.807) is 0 Å². The molecule has 0 bridgehead atoms. The van der Waals surface area contributed by atoms with Crippen molar-refractivity contribution in [2.24, 2.45) is 5.73 Å². The molecule has 1 aliphatic heterocycles. The molecule has 17 heavy (non-hydrogen) atoms. The Balaban J connectivity index is 2.68. The standard InChI is InChI=1S/C9H17F3N2O2S/c10-9(11,12)4-6-17(15,16)14-5-2-1-3-8(14)7-13/h8H,1-7,13H2. The summed E-state index contributed by atoms with van der Waals surface area (Å²) in [6.45, 7) is 0.438. The molecule has 8 heteroatoms. The van der Waals surface area contributed by atoms with Crippen LogP contribution in [0, 0.1) is 0 Å². The molecule has 1 rings (SSSR count). The van der Waals surface area contributed by atoms with E-state index < -0.39 is 28.4 Å². The molecule has 0 saturated carbocycles. The molecule has 0 spiro atoms. The molecule has 0 aromatic carbocycles. The van der Waals surface area contributed by atoms with E-state index in [0.29, 0.717) is 12.8 Å². The van der Waals surface area contributed by atoms with Gasteiger partial charge in [-0.05, 0) is 12.8 Å². The van der Waals surface area contributed by atoms with Crippen LogP contribution in [0.3, 0.4) is 0 Å². The second kappa shape index (κ2) is 5.53. The zero-order valence-corrected chi connectivity index (χ0v) is 10.2. The predicted octanol–water partition coefficient (Wildman–Crippen LogP) is 1.08. The third kappa shape index (κ3) is 4.44. The molecule has 1 aliphatic rings. The highest BCUT2D eigenvalue weighted by Gasteiger charge is 2.35. The van der Waals surface area contributed by atoms with Crippen molar-refractivity contribution >= 4 is 10.0 Å². The first-order chi connectivity index (χ1) is 7.76. The molecule has 102 valence electrons. The Hall–Kier alpha value is -0.340. The Morgan fingerprint density at radius 2 is 1.94 bits per heavy atom. The first kappa shape index (κ1) is 14.7. The van der Waals surface area contributed by atoms with Crippen molar-refractivity contribution in [2.75, 3.05) is 18.8 Å². The van der Waals surface area contributed by atoms with E-state index in [1.807, 2.05) is 0 Å². The summed E-state index contributed by atoms with van der Waals surface area (Å²) in [6, 6.07) is -0.345. The van der Waals surface area contributed by atoms with Crippen molar-refractivity contribution in [1.82, 2.24) is 4.31 Å². The van der Waals surface area contributed by atoms with Crippen LogP contribution >= 0.6 is 0 Å². The van der Waals surface area contributed by atoms with Crippen LogP contribution in [0.15, 0.2) is 0 Å². The van der Waals surface area contributed by atoms with Crippen molar-refractivity contribution in [1.29, 1.82) is 0 Å². The predicted molar refractivity (Wildman–Crippen MR) is 57.9 cm³/mol. The van der Waals surface area contributed by atoms with Crippen LogP contribution in [0.5, 0.6) is 0 Å². The fourth-order valence-electron chi connectivity index (χ4n) is 1.94. The first-order valence-electron chi connectivity index (χ1n) is 5.52. The second-order valence-corrected chi connectivity index (χ2v) is 6.22. The molecule has 4 nitrogen and oxygen atoms in total. The van der Waals surface area contributed by atoms with Crippen molar-refractivity contribution in [3.8, 4) is 0 Å². The molecule has 0 radical (unpaired) electrons. The largest absolute Gasteiger partial charge is 0.390 e. The van der Waals surface area contributed by atoms with Gasteiger partial charge in [0.15, 0.2) is 0 Å². The summed E-state index contributed by atoms with van der Waals surface area (Å²) in [6.07, 6.45) is -3.57. The first-order valence-corrected chi connectivity index (χ1v) is 7.13. The summed E-state index contributed by atoms with van der Waals surface area (Å²) >= 11 is 0. The van der Waals surface area contributed by atoms with Crippen LogP contribution in [-0.2, 0) is 10.0 Å². The molecule has 0 aromatic heterocycles. The number of rotatable bonds is 4. The normalized spacial score (nSPS) is 23.9. The van der Waals surface area contributed by atoms with Gasteiger partial charge in [-0.2, -0.15) is 17.5 Å². The number of nitrogens with two attached hydrogens (primary N) is 1. The van der Waals surface area contributed by atoms with Gasteiger partial charge in [-0.1, -0.05) is 6.42 Å². The molecule has 0 aliphatic carbocycles. The molecule has 0 amide bonds. The number of halogens is 3. The van der Waals surface area contributed by atoms with E-state index in [1.165, 1.54) is 0 Å². The Kier molecular flexibility index (Phi) is 4.79. The minimum Gasteiger partial charge on any atom is -0.329 e. The van der Waals surface area contributed by atoms with Gasteiger partial charge in [0.05, 0.1) is 12.2 Å². The number of hydrogen-bond donors (Lipinski definition) is 1. The number of sulfonamides is 1. The lowest BCUT2D eigenvalue weighted by molar-refractivity contribution is -0.130. The summed E-state index contributed by atoms with van der Waals surface area (Å²) in [5.74, 6) is -0.882. The Morgan fingerprint density at radius 3 is 2.47 bits per heavy atom. The summed E-state index contributed by atoms with van der Waals surface area (Å²) in [5, 5.41) is 0. The minimum absolute atomic E-state index is 0.158. The van der Waals surface area contributed by atoms with Gasteiger partial charge in [0.1, 0.15) is 0 Å². The maximum Gasteiger partial charge on any atom is 0.390 e. The van der Waals surface area contributed by atoms with Crippen molar-refractivity contribution in [3.05, 3.63) is 0 Å². The van der Waals surface area contributed by atoms with Crippen molar-refractivity contribution in [3.63, 3.8) is 0 Å². The third-order valence-electron chi connectivity index (χ3n) is 2.85. The van der Waals surface area contributed by atoms with Gasteiger partial charge in [0.25, 0.3) is 0 Å². The monoisotopic (exact) mass is 274 g/mol. The van der Waals surface area contributed by atoms with Gasteiger partial charge >= 0.3 is 6.18 Å². The zero-order valence-electron chi connectivity index (χ0n) is 9.41. The van der Waals surface area contributed by atoms with Crippen LogP contribution in [0.4, 0.5) is 13.2 Å². The summed E-state index contributed by atoms with van der Waals surface area (Å²) < 4.78 is 60.8. The lowest BCUT2D eigenvalue weighted by atomic mass is 10.1. The number of alkyl halides is 3. The van der Waals surface area contributed by atoms with E-state index >= 15 is 0 Å². The number of piperidine rings is 1. The van der Waals surface area contributed by atoms with Gasteiger partial charge in [0.2, 0.25) is 10.0 Å². The molecule has 1 atom stereocenters. The highest BCUT2D eigenvalue weighted by molar-refractivity contribution is 7.89. The lowest BCUT2D eigenvalue weighted by Gasteiger charge is -2.33. The van der Waals surface area contributed by atoms with Crippen LogP contribution in [-0.4, -0.2) is 43.8 Å². The Morgan fingerprint density at radius 1 is 1.29 bits per heavy atom. The maximum absolute atomic E-state index is 12.0. The molecular formula is C9H17F3N2O2S. The van der Waals surface area contributed by atoms with Gasteiger partial charge < -0.3 is 5.73 Å². The smallest absolute Gasteiger partial charge is 0.329 e. The fourth-order valence-corrected chi connectivity index (χ4v) is 3.71. The van der Waals surface area contributed by atoms with Gasteiger partial charge in [-0.15, -0.1) is 0 Å². The second-order valence-electron chi connectivity index (χ2n) is 4.18. The van der Waals surface area contributed by atoms with Crippen molar-refractivity contribution in [2.45, 2.75) is 37.9 Å². The highest BCUT2D eigenvalue weighted by Crippen LogP contribution is 2.24. The third-order valence-corrected chi connectivity index (χ3v) is 4.76. The quantitative estimate of drug-likeness (QED) is 0.834. The van der Waals surface area contributed by atoms with Crippen LogP contribution in [0.25, 0.3) is 0 Å². The molecule has 1 heterocycles. The number of hydrogen-bond acceptors (Lipinski definition) is 3. The molecule has 0 aromatic rings. The minimum atomic E-state index is -4.44. The molecular weight excluding hydrogens is 257 g/mol. The summed E-state index contributed by atoms with van der Waals surface area (Å²) in [4.78, 5) is 0. The SMILES string of the molecule is NCC1CCCCN1S(=O)(=O)CCC(F)(F)F. The van der Waals surface area contributed by atoms with E-state index in [4.69, 9.17) is 5.73 Å². The topological polar surface area (TPSA) is 63.4 Å². The average molecular weight is 274 g/mol. The Bertz CT molecular complexity index is 343. The lowest BCUT2D eigenvalue weighted by Crippen LogP contribution is -2.48.